The van der Waals surface area contributed by atoms with Crippen molar-refractivity contribution >= 4 is 39.7 Å². The Morgan fingerprint density at radius 2 is 1.91 bits per heavy atom. The van der Waals surface area contributed by atoms with E-state index in [1.54, 1.807) is 31.4 Å². The molecule has 0 radical (unpaired) electrons. The summed E-state index contributed by atoms with van der Waals surface area (Å²) in [5, 5.41) is 0. The molecule has 0 fully saturated rings. The highest BCUT2D eigenvalue weighted by Gasteiger charge is 2.10. The number of ether oxygens (including phenoxy) is 2. The standard InChI is InChI=1S/C16H13NO3S2/c1-19-12-8-6-11(7-9-12)15(18)20-10-17-13-4-2-3-5-14(13)22-16(17)21/h2-9H,10H2,1H3. The van der Waals surface area contributed by atoms with Crippen molar-refractivity contribution < 1.29 is 14.3 Å². The molecule has 3 aromatic rings. The quantitative estimate of drug-likeness (QED) is 0.529. The van der Waals surface area contributed by atoms with Crippen LogP contribution in [0.1, 0.15) is 10.4 Å². The lowest BCUT2D eigenvalue weighted by Crippen LogP contribution is -2.09. The zero-order valence-corrected chi connectivity index (χ0v) is 13.4. The second kappa shape index (κ2) is 6.29. The van der Waals surface area contributed by atoms with Gasteiger partial charge in [0, 0.05) is 0 Å². The Hall–Kier alpha value is -2.18. The van der Waals surface area contributed by atoms with Gasteiger partial charge in [0.1, 0.15) is 5.75 Å². The number of nitrogens with zero attached hydrogens (tertiary/aromatic N) is 1. The topological polar surface area (TPSA) is 40.5 Å². The number of carbonyl (C=O) groups is 1. The summed E-state index contributed by atoms with van der Waals surface area (Å²) in [6.45, 7) is 0.105. The Labute approximate surface area is 136 Å². The van der Waals surface area contributed by atoms with Crippen LogP contribution in [0.25, 0.3) is 10.2 Å². The van der Waals surface area contributed by atoms with Gasteiger partial charge in [-0.25, -0.2) is 4.79 Å². The number of benzene rings is 2. The van der Waals surface area contributed by atoms with E-state index in [0.29, 0.717) is 15.3 Å². The van der Waals surface area contributed by atoms with Crippen molar-refractivity contribution in [2.75, 3.05) is 7.11 Å². The van der Waals surface area contributed by atoms with Gasteiger partial charge in [0.15, 0.2) is 10.7 Å². The Morgan fingerprint density at radius 1 is 1.18 bits per heavy atom. The van der Waals surface area contributed by atoms with Crippen LogP contribution in [0.15, 0.2) is 48.5 Å². The first-order valence-corrected chi connectivity index (χ1v) is 7.81. The zero-order chi connectivity index (χ0) is 15.5. The SMILES string of the molecule is COc1ccc(C(=O)OCn2c(=S)sc3ccccc32)cc1. The first kappa shape index (κ1) is 14.7. The number of methoxy groups -OCH3 is 1. The van der Waals surface area contributed by atoms with Crippen LogP contribution in [-0.4, -0.2) is 17.6 Å². The molecule has 0 atom stereocenters. The molecule has 1 heterocycles. The van der Waals surface area contributed by atoms with Crippen molar-refractivity contribution in [1.29, 1.82) is 0 Å². The fraction of sp³-hybridized carbons (Fsp3) is 0.125. The van der Waals surface area contributed by atoms with Crippen LogP contribution in [0.4, 0.5) is 0 Å². The highest BCUT2D eigenvalue weighted by atomic mass is 32.1. The monoisotopic (exact) mass is 331 g/mol. The highest BCUT2D eigenvalue weighted by Crippen LogP contribution is 2.23. The van der Waals surface area contributed by atoms with Gasteiger partial charge in [-0.1, -0.05) is 12.1 Å². The number of carbonyl (C=O) groups excluding carboxylic acids is 1. The van der Waals surface area contributed by atoms with Crippen molar-refractivity contribution in [3.05, 3.63) is 58.0 Å². The van der Waals surface area contributed by atoms with Gasteiger partial charge in [0.25, 0.3) is 0 Å². The third-order valence-corrected chi connectivity index (χ3v) is 4.65. The molecule has 0 unspecified atom stereocenters. The minimum atomic E-state index is -0.389. The second-order valence-electron chi connectivity index (χ2n) is 4.55. The highest BCUT2D eigenvalue weighted by molar-refractivity contribution is 7.73. The maximum atomic E-state index is 12.1. The van der Waals surface area contributed by atoms with E-state index >= 15 is 0 Å². The lowest BCUT2D eigenvalue weighted by molar-refractivity contribution is 0.0378. The Balaban J connectivity index is 1.77. The summed E-state index contributed by atoms with van der Waals surface area (Å²) >= 11 is 6.83. The number of hydrogen-bond donors (Lipinski definition) is 0. The summed E-state index contributed by atoms with van der Waals surface area (Å²) in [4.78, 5) is 12.1. The third kappa shape index (κ3) is 2.88. The van der Waals surface area contributed by atoms with Crippen LogP contribution in [-0.2, 0) is 11.5 Å². The minimum Gasteiger partial charge on any atom is -0.497 e. The van der Waals surface area contributed by atoms with E-state index in [4.69, 9.17) is 21.7 Å². The van der Waals surface area contributed by atoms with Crippen molar-refractivity contribution in [2.45, 2.75) is 6.73 Å². The van der Waals surface area contributed by atoms with Crippen molar-refractivity contribution in [2.24, 2.45) is 0 Å². The van der Waals surface area contributed by atoms with Crippen LogP contribution in [0, 0.1) is 3.95 Å². The lowest BCUT2D eigenvalue weighted by Gasteiger charge is -2.07. The molecule has 0 N–H and O–H groups in total. The smallest absolute Gasteiger partial charge is 0.339 e. The van der Waals surface area contributed by atoms with Crippen molar-refractivity contribution in [1.82, 2.24) is 4.57 Å². The maximum Gasteiger partial charge on any atom is 0.339 e. The molecule has 22 heavy (non-hydrogen) atoms. The van der Waals surface area contributed by atoms with Gasteiger partial charge < -0.3 is 9.47 Å². The number of para-hydroxylation sites is 1. The largest absolute Gasteiger partial charge is 0.497 e. The Bertz CT molecular complexity index is 865. The number of thiazole rings is 1. The van der Waals surface area contributed by atoms with Crippen molar-refractivity contribution in [3.8, 4) is 5.75 Å². The summed E-state index contributed by atoms with van der Waals surface area (Å²) in [5.41, 5.74) is 1.45. The molecule has 3 rings (SSSR count). The molecule has 112 valence electrons. The number of rotatable bonds is 4. The molecule has 0 bridgehead atoms. The molecular formula is C16H13NO3S2. The normalized spacial score (nSPS) is 10.6. The lowest BCUT2D eigenvalue weighted by atomic mass is 10.2. The van der Waals surface area contributed by atoms with E-state index in [2.05, 4.69) is 0 Å². The predicted octanol–water partition coefficient (Wildman–Crippen LogP) is 4.26. The van der Waals surface area contributed by atoms with E-state index in [-0.39, 0.29) is 12.7 Å². The van der Waals surface area contributed by atoms with E-state index in [1.807, 2.05) is 28.8 Å². The predicted molar refractivity (Wildman–Crippen MR) is 89.1 cm³/mol. The molecule has 0 saturated carbocycles. The van der Waals surface area contributed by atoms with Gasteiger partial charge >= 0.3 is 5.97 Å². The number of fused-ring (bicyclic) bond motifs is 1. The van der Waals surface area contributed by atoms with Crippen LogP contribution in [0.2, 0.25) is 0 Å². The second-order valence-corrected chi connectivity index (χ2v) is 6.23. The minimum absolute atomic E-state index is 0.105. The van der Waals surface area contributed by atoms with Crippen LogP contribution in [0.3, 0.4) is 0 Å². The number of aromatic nitrogens is 1. The molecule has 0 amide bonds. The molecule has 4 nitrogen and oxygen atoms in total. The third-order valence-electron chi connectivity index (χ3n) is 3.22. The summed E-state index contributed by atoms with van der Waals surface area (Å²) < 4.78 is 14.0. The summed E-state index contributed by atoms with van der Waals surface area (Å²) in [6.07, 6.45) is 0. The molecule has 6 heteroatoms. The van der Waals surface area contributed by atoms with E-state index in [0.717, 1.165) is 10.2 Å². The average molecular weight is 331 g/mol. The molecule has 1 aromatic heterocycles. The fourth-order valence-corrected chi connectivity index (χ4v) is 3.37. The maximum absolute atomic E-state index is 12.1. The number of esters is 1. The molecule has 0 saturated heterocycles. The van der Waals surface area contributed by atoms with Gasteiger partial charge in [-0.15, -0.1) is 11.3 Å². The van der Waals surface area contributed by atoms with Crippen LogP contribution >= 0.6 is 23.6 Å². The Morgan fingerprint density at radius 3 is 2.64 bits per heavy atom. The molecular weight excluding hydrogens is 318 g/mol. The average Bonchev–Trinajstić information content (AvgIpc) is 2.88. The van der Waals surface area contributed by atoms with Gasteiger partial charge in [-0.3, -0.25) is 4.57 Å². The van der Waals surface area contributed by atoms with E-state index < -0.39 is 0 Å². The van der Waals surface area contributed by atoms with Gasteiger partial charge in [0.2, 0.25) is 0 Å². The summed E-state index contributed by atoms with van der Waals surface area (Å²) in [6, 6.07) is 14.6. The zero-order valence-electron chi connectivity index (χ0n) is 11.8. The van der Waals surface area contributed by atoms with Gasteiger partial charge in [0.05, 0.1) is 22.9 Å². The van der Waals surface area contributed by atoms with Crippen molar-refractivity contribution in [3.63, 3.8) is 0 Å². The van der Waals surface area contributed by atoms with Crippen LogP contribution in [0.5, 0.6) is 5.75 Å². The molecule has 0 spiro atoms. The molecule has 2 aromatic carbocycles. The first-order valence-electron chi connectivity index (χ1n) is 6.58. The molecule has 0 aliphatic rings. The van der Waals surface area contributed by atoms with Gasteiger partial charge in [-0.2, -0.15) is 0 Å². The molecule has 0 aliphatic heterocycles. The van der Waals surface area contributed by atoms with E-state index in [1.165, 1.54) is 11.3 Å². The number of hydrogen-bond acceptors (Lipinski definition) is 5. The first-order chi connectivity index (χ1) is 10.7. The summed E-state index contributed by atoms with van der Waals surface area (Å²) in [5.74, 6) is 0.308. The Kier molecular flexibility index (Phi) is 4.22. The van der Waals surface area contributed by atoms with Gasteiger partial charge in [-0.05, 0) is 48.6 Å². The van der Waals surface area contributed by atoms with Crippen LogP contribution < -0.4 is 4.74 Å². The van der Waals surface area contributed by atoms with E-state index in [9.17, 15) is 4.79 Å². The summed E-state index contributed by atoms with van der Waals surface area (Å²) in [7, 11) is 1.58. The fourth-order valence-electron chi connectivity index (χ4n) is 2.07. The molecule has 0 aliphatic carbocycles.